The van der Waals surface area contributed by atoms with Crippen molar-refractivity contribution < 1.29 is 14.3 Å². The highest BCUT2D eigenvalue weighted by Gasteiger charge is 2.31. The molecule has 0 spiro atoms. The number of halogens is 1. The molecule has 0 aliphatic heterocycles. The van der Waals surface area contributed by atoms with Crippen LogP contribution in [0.3, 0.4) is 0 Å². The van der Waals surface area contributed by atoms with Gasteiger partial charge in [0.2, 0.25) is 0 Å². The summed E-state index contributed by atoms with van der Waals surface area (Å²) in [7, 11) is 2.95. The van der Waals surface area contributed by atoms with Crippen LogP contribution < -0.4 is 10.5 Å². The number of methoxy groups -OCH3 is 2. The summed E-state index contributed by atoms with van der Waals surface area (Å²) in [5, 5.41) is 0.535. The van der Waals surface area contributed by atoms with E-state index in [9.17, 15) is 4.79 Å². The zero-order valence-electron chi connectivity index (χ0n) is 11.7. The Labute approximate surface area is 118 Å². The van der Waals surface area contributed by atoms with Crippen molar-refractivity contribution in [2.24, 2.45) is 11.1 Å². The van der Waals surface area contributed by atoms with Crippen molar-refractivity contribution in [2.75, 3.05) is 14.2 Å². The third-order valence-electron chi connectivity index (χ3n) is 3.08. The fraction of sp³-hybridized carbons (Fsp3) is 0.500. The number of rotatable bonds is 5. The van der Waals surface area contributed by atoms with E-state index in [1.54, 1.807) is 33.1 Å². The van der Waals surface area contributed by atoms with Gasteiger partial charge in [-0.3, -0.25) is 4.79 Å². The zero-order chi connectivity index (χ0) is 14.6. The summed E-state index contributed by atoms with van der Waals surface area (Å²) in [5.41, 5.74) is 6.27. The fourth-order valence-electron chi connectivity index (χ4n) is 1.95. The van der Waals surface area contributed by atoms with Gasteiger partial charge in [0.15, 0.2) is 0 Å². The van der Waals surface area contributed by atoms with Gasteiger partial charge in [-0.15, -0.1) is 0 Å². The Morgan fingerprint density at radius 2 is 2.05 bits per heavy atom. The molecule has 5 heteroatoms. The van der Waals surface area contributed by atoms with Crippen molar-refractivity contribution >= 4 is 17.6 Å². The van der Waals surface area contributed by atoms with Crippen LogP contribution in [0.1, 0.15) is 31.9 Å². The molecule has 1 aromatic carbocycles. The van der Waals surface area contributed by atoms with Crippen molar-refractivity contribution in [3.05, 3.63) is 28.8 Å². The molecule has 1 aromatic rings. The Morgan fingerprint density at radius 3 is 2.53 bits per heavy atom. The smallest absolute Gasteiger partial charge is 0.311 e. The number of carbonyl (C=O) groups excluding carboxylic acids is 1. The number of hydrogen-bond acceptors (Lipinski definition) is 4. The topological polar surface area (TPSA) is 61.5 Å². The average molecular weight is 286 g/mol. The summed E-state index contributed by atoms with van der Waals surface area (Å²) in [4.78, 5) is 11.7. The second kappa shape index (κ2) is 6.26. The van der Waals surface area contributed by atoms with E-state index in [1.165, 1.54) is 7.11 Å². The SMILES string of the molecule is COC(=O)C(C)(C)CC(N)c1ccc(OC)cc1Cl. The quantitative estimate of drug-likeness (QED) is 0.845. The highest BCUT2D eigenvalue weighted by atomic mass is 35.5. The van der Waals surface area contributed by atoms with Gasteiger partial charge in [0.05, 0.1) is 19.6 Å². The molecule has 1 atom stereocenters. The van der Waals surface area contributed by atoms with Gasteiger partial charge in [0.25, 0.3) is 0 Å². The van der Waals surface area contributed by atoms with Crippen LogP contribution in [-0.4, -0.2) is 20.2 Å². The molecule has 0 saturated heterocycles. The van der Waals surface area contributed by atoms with Gasteiger partial charge < -0.3 is 15.2 Å². The van der Waals surface area contributed by atoms with E-state index in [1.807, 2.05) is 6.07 Å². The third-order valence-corrected chi connectivity index (χ3v) is 3.40. The van der Waals surface area contributed by atoms with Crippen LogP contribution in [0, 0.1) is 5.41 Å². The molecule has 0 aromatic heterocycles. The molecule has 1 rings (SSSR count). The van der Waals surface area contributed by atoms with E-state index >= 15 is 0 Å². The van der Waals surface area contributed by atoms with Gasteiger partial charge in [-0.25, -0.2) is 0 Å². The van der Waals surface area contributed by atoms with Crippen LogP contribution in [0.5, 0.6) is 5.75 Å². The molecule has 1 unspecified atom stereocenters. The van der Waals surface area contributed by atoms with Crippen molar-refractivity contribution in [1.29, 1.82) is 0 Å². The molecule has 106 valence electrons. The summed E-state index contributed by atoms with van der Waals surface area (Å²) in [5.74, 6) is 0.390. The maximum absolute atomic E-state index is 11.7. The summed E-state index contributed by atoms with van der Waals surface area (Å²) >= 11 is 6.17. The lowest BCUT2D eigenvalue weighted by Crippen LogP contribution is -2.30. The highest BCUT2D eigenvalue weighted by Crippen LogP contribution is 2.34. The van der Waals surface area contributed by atoms with Crippen molar-refractivity contribution in [2.45, 2.75) is 26.3 Å². The van der Waals surface area contributed by atoms with Crippen LogP contribution in [0.4, 0.5) is 0 Å². The number of hydrogen-bond donors (Lipinski definition) is 1. The lowest BCUT2D eigenvalue weighted by molar-refractivity contribution is -0.151. The Balaban J connectivity index is 2.89. The molecule has 0 radical (unpaired) electrons. The predicted molar refractivity (Wildman–Crippen MR) is 75.3 cm³/mol. The first-order chi connectivity index (χ1) is 8.81. The number of ether oxygens (including phenoxy) is 2. The first-order valence-electron chi connectivity index (χ1n) is 5.99. The number of carbonyl (C=O) groups is 1. The van der Waals surface area contributed by atoms with Gasteiger partial charge in [-0.2, -0.15) is 0 Å². The van der Waals surface area contributed by atoms with E-state index in [2.05, 4.69) is 0 Å². The van der Waals surface area contributed by atoms with Crippen molar-refractivity contribution in [3.8, 4) is 5.75 Å². The zero-order valence-corrected chi connectivity index (χ0v) is 12.5. The molecule has 0 fully saturated rings. The largest absolute Gasteiger partial charge is 0.497 e. The molecule has 0 heterocycles. The standard InChI is InChI=1S/C14H20ClNO3/c1-14(2,13(17)19-4)8-12(16)10-6-5-9(18-3)7-11(10)15/h5-7,12H,8,16H2,1-4H3. The van der Waals surface area contributed by atoms with Gasteiger partial charge in [-0.05, 0) is 38.0 Å². The van der Waals surface area contributed by atoms with Crippen LogP contribution in [-0.2, 0) is 9.53 Å². The molecule has 0 amide bonds. The number of esters is 1. The second-order valence-electron chi connectivity index (χ2n) is 5.07. The fourth-order valence-corrected chi connectivity index (χ4v) is 2.27. The van der Waals surface area contributed by atoms with Crippen molar-refractivity contribution in [3.63, 3.8) is 0 Å². The third kappa shape index (κ3) is 3.85. The van der Waals surface area contributed by atoms with Gasteiger partial charge in [0, 0.05) is 11.1 Å². The molecule has 2 N–H and O–H groups in total. The number of benzene rings is 1. The molecule has 19 heavy (non-hydrogen) atoms. The normalized spacial score (nSPS) is 12.9. The average Bonchev–Trinajstić information content (AvgIpc) is 2.36. The van der Waals surface area contributed by atoms with E-state index in [4.69, 9.17) is 26.8 Å². The van der Waals surface area contributed by atoms with Crippen LogP contribution in [0.2, 0.25) is 5.02 Å². The monoisotopic (exact) mass is 285 g/mol. The molecule has 0 bridgehead atoms. The molecular weight excluding hydrogens is 266 g/mol. The minimum atomic E-state index is -0.655. The molecule has 0 aliphatic carbocycles. The maximum Gasteiger partial charge on any atom is 0.311 e. The van der Waals surface area contributed by atoms with E-state index < -0.39 is 5.41 Å². The summed E-state index contributed by atoms with van der Waals surface area (Å²) in [6, 6.07) is 4.99. The van der Waals surface area contributed by atoms with Gasteiger partial charge >= 0.3 is 5.97 Å². The Bertz CT molecular complexity index is 460. The summed E-state index contributed by atoms with van der Waals surface area (Å²) < 4.78 is 9.86. The summed E-state index contributed by atoms with van der Waals surface area (Å²) in [6.45, 7) is 3.60. The molecule has 0 aliphatic rings. The maximum atomic E-state index is 11.7. The molecule has 4 nitrogen and oxygen atoms in total. The van der Waals surface area contributed by atoms with Crippen LogP contribution >= 0.6 is 11.6 Å². The minimum absolute atomic E-state index is 0.285. The highest BCUT2D eigenvalue weighted by molar-refractivity contribution is 6.31. The molecule has 0 saturated carbocycles. The van der Waals surface area contributed by atoms with E-state index in [0.29, 0.717) is 17.2 Å². The van der Waals surface area contributed by atoms with Gasteiger partial charge in [0.1, 0.15) is 5.75 Å². The Kier molecular flexibility index (Phi) is 5.20. The Morgan fingerprint density at radius 1 is 1.42 bits per heavy atom. The van der Waals surface area contributed by atoms with Gasteiger partial charge in [-0.1, -0.05) is 17.7 Å². The van der Waals surface area contributed by atoms with Crippen molar-refractivity contribution in [1.82, 2.24) is 0 Å². The van der Waals surface area contributed by atoms with Crippen LogP contribution in [0.15, 0.2) is 18.2 Å². The van der Waals surface area contributed by atoms with E-state index in [0.717, 1.165) is 5.56 Å². The number of nitrogens with two attached hydrogens (primary N) is 1. The lowest BCUT2D eigenvalue weighted by Gasteiger charge is -2.25. The minimum Gasteiger partial charge on any atom is -0.497 e. The molecular formula is C14H20ClNO3. The predicted octanol–water partition coefficient (Wildman–Crippen LogP) is 2.94. The summed E-state index contributed by atoms with van der Waals surface area (Å²) in [6.07, 6.45) is 0.450. The Hall–Kier alpha value is -1.26. The first kappa shape index (κ1) is 15.8. The second-order valence-corrected chi connectivity index (χ2v) is 5.48. The van der Waals surface area contributed by atoms with Crippen LogP contribution in [0.25, 0.3) is 0 Å². The lowest BCUT2D eigenvalue weighted by atomic mass is 9.84. The first-order valence-corrected chi connectivity index (χ1v) is 6.37. The van der Waals surface area contributed by atoms with E-state index in [-0.39, 0.29) is 12.0 Å².